The van der Waals surface area contributed by atoms with Gasteiger partial charge in [0.25, 0.3) is 0 Å². The Balaban J connectivity index is 2.11. The summed E-state index contributed by atoms with van der Waals surface area (Å²) in [4.78, 5) is 12.6. The molecule has 6 nitrogen and oxygen atoms in total. The fourth-order valence-corrected chi connectivity index (χ4v) is 4.51. The van der Waals surface area contributed by atoms with E-state index in [-0.39, 0.29) is 23.4 Å². The zero-order valence-electron chi connectivity index (χ0n) is 18.2. The Kier molecular flexibility index (Phi) is 7.08. The number of nitrogens with zero attached hydrogens (tertiary/aromatic N) is 1. The van der Waals surface area contributed by atoms with Crippen molar-refractivity contribution in [3.05, 3.63) is 58.1 Å². The smallest absolute Gasteiger partial charge is 0.243 e. The molecule has 2 aromatic carbocycles. The van der Waals surface area contributed by atoms with Crippen LogP contribution in [0.2, 0.25) is 0 Å². The fourth-order valence-electron chi connectivity index (χ4n) is 3.29. The number of benzene rings is 2. The quantitative estimate of drug-likeness (QED) is 0.747. The Hall–Kier alpha value is -2.38. The summed E-state index contributed by atoms with van der Waals surface area (Å²) in [5.74, 6) is 0.258. The SMILES string of the molecule is COc1ccc(S(=O)(=O)N(C)CC(=O)NC(C)c2cc(C)c(C)cc2C)cc1C. The summed E-state index contributed by atoms with van der Waals surface area (Å²) < 4.78 is 31.9. The van der Waals surface area contributed by atoms with Gasteiger partial charge in [-0.1, -0.05) is 12.1 Å². The van der Waals surface area contributed by atoms with Crippen molar-refractivity contribution < 1.29 is 17.9 Å². The molecule has 2 rings (SSSR count). The molecule has 0 aromatic heterocycles. The fraction of sp³-hybridized carbons (Fsp3) is 0.409. The summed E-state index contributed by atoms with van der Waals surface area (Å²) in [5, 5.41) is 2.90. The molecule has 0 fully saturated rings. The van der Waals surface area contributed by atoms with Gasteiger partial charge in [0.1, 0.15) is 5.75 Å². The van der Waals surface area contributed by atoms with Gasteiger partial charge < -0.3 is 10.1 Å². The lowest BCUT2D eigenvalue weighted by atomic mass is 9.96. The minimum atomic E-state index is -3.79. The normalized spacial score (nSPS) is 12.7. The molecule has 1 N–H and O–H groups in total. The number of hydrogen-bond acceptors (Lipinski definition) is 4. The van der Waals surface area contributed by atoms with E-state index in [9.17, 15) is 13.2 Å². The molecule has 1 unspecified atom stereocenters. The first-order chi connectivity index (χ1) is 13.5. The third kappa shape index (κ3) is 5.16. The van der Waals surface area contributed by atoms with Crippen LogP contribution in [0.5, 0.6) is 5.75 Å². The van der Waals surface area contributed by atoms with Crippen LogP contribution >= 0.6 is 0 Å². The summed E-state index contributed by atoms with van der Waals surface area (Å²) in [6.45, 7) is 9.50. The molecule has 0 saturated heterocycles. The predicted octanol–water partition coefficient (Wildman–Crippen LogP) is 3.43. The lowest BCUT2D eigenvalue weighted by Crippen LogP contribution is -2.39. The van der Waals surface area contributed by atoms with Crippen LogP contribution < -0.4 is 10.1 Å². The van der Waals surface area contributed by atoms with Gasteiger partial charge in [0.05, 0.1) is 24.6 Å². The molecule has 29 heavy (non-hydrogen) atoms. The number of methoxy groups -OCH3 is 1. The molecule has 0 aliphatic rings. The van der Waals surface area contributed by atoms with Gasteiger partial charge in [-0.25, -0.2) is 8.42 Å². The van der Waals surface area contributed by atoms with Crippen LogP contribution in [0.4, 0.5) is 0 Å². The highest BCUT2D eigenvalue weighted by molar-refractivity contribution is 7.89. The first kappa shape index (κ1) is 22.9. The minimum absolute atomic E-state index is 0.129. The van der Waals surface area contributed by atoms with E-state index in [4.69, 9.17) is 4.74 Å². The first-order valence-corrected chi connectivity index (χ1v) is 10.9. The minimum Gasteiger partial charge on any atom is -0.496 e. The van der Waals surface area contributed by atoms with E-state index >= 15 is 0 Å². The van der Waals surface area contributed by atoms with E-state index < -0.39 is 10.0 Å². The second-order valence-electron chi connectivity index (χ2n) is 7.47. The van der Waals surface area contributed by atoms with Crippen LogP contribution in [0, 0.1) is 27.7 Å². The summed E-state index contributed by atoms with van der Waals surface area (Å²) in [7, 11) is -0.849. The van der Waals surface area contributed by atoms with Gasteiger partial charge in [0, 0.05) is 7.05 Å². The van der Waals surface area contributed by atoms with Crippen LogP contribution in [0.3, 0.4) is 0 Å². The average molecular weight is 419 g/mol. The van der Waals surface area contributed by atoms with Crippen LogP contribution in [0.15, 0.2) is 35.2 Å². The maximum absolute atomic E-state index is 12.8. The highest BCUT2D eigenvalue weighted by Crippen LogP contribution is 2.24. The molecule has 0 bridgehead atoms. The number of nitrogens with one attached hydrogen (secondary N) is 1. The first-order valence-electron chi connectivity index (χ1n) is 9.45. The number of aryl methyl sites for hydroxylation is 4. The van der Waals surface area contributed by atoms with Crippen LogP contribution in [-0.2, 0) is 14.8 Å². The van der Waals surface area contributed by atoms with Gasteiger partial charge in [-0.3, -0.25) is 4.79 Å². The van der Waals surface area contributed by atoms with Crippen LogP contribution in [0.1, 0.15) is 40.8 Å². The summed E-state index contributed by atoms with van der Waals surface area (Å²) in [6, 6.07) is 8.58. The number of carbonyl (C=O) groups is 1. The number of likely N-dealkylation sites (N-methyl/N-ethyl adjacent to an activating group) is 1. The number of sulfonamides is 1. The van der Waals surface area contributed by atoms with Crippen molar-refractivity contribution in [1.29, 1.82) is 0 Å². The molecular formula is C22H30N2O4S. The highest BCUT2D eigenvalue weighted by Gasteiger charge is 2.24. The maximum Gasteiger partial charge on any atom is 0.243 e. The Labute approximate surface area is 173 Å². The standard InChI is InChI=1S/C22H30N2O4S/c1-14-10-16(3)20(12-15(14)2)18(5)23-22(25)13-24(6)29(26,27)19-8-9-21(28-7)17(4)11-19/h8-12,18H,13H2,1-7H3,(H,23,25). The Morgan fingerprint density at radius 2 is 1.66 bits per heavy atom. The zero-order valence-corrected chi connectivity index (χ0v) is 19.0. The van der Waals surface area contributed by atoms with Gasteiger partial charge in [0.15, 0.2) is 0 Å². The molecule has 7 heteroatoms. The molecule has 2 aromatic rings. The van der Waals surface area contributed by atoms with Gasteiger partial charge >= 0.3 is 0 Å². The number of rotatable bonds is 7. The van der Waals surface area contributed by atoms with Crippen molar-refractivity contribution in [3.8, 4) is 5.75 Å². The van der Waals surface area contributed by atoms with E-state index in [2.05, 4.69) is 24.4 Å². The van der Waals surface area contributed by atoms with Crippen molar-refractivity contribution >= 4 is 15.9 Å². The molecular weight excluding hydrogens is 388 g/mol. The molecule has 0 spiro atoms. The summed E-state index contributed by atoms with van der Waals surface area (Å²) in [5.41, 5.74) is 5.19. The van der Waals surface area contributed by atoms with E-state index in [1.165, 1.54) is 25.8 Å². The molecule has 0 aliphatic carbocycles. The van der Waals surface area contributed by atoms with Crippen molar-refractivity contribution in [2.45, 2.75) is 45.6 Å². The van der Waals surface area contributed by atoms with Gasteiger partial charge in [-0.05, 0) is 80.6 Å². The molecule has 1 amide bonds. The van der Waals surface area contributed by atoms with E-state index in [1.54, 1.807) is 19.1 Å². The predicted molar refractivity (Wildman–Crippen MR) is 115 cm³/mol. The van der Waals surface area contributed by atoms with Crippen molar-refractivity contribution in [2.75, 3.05) is 20.7 Å². The Morgan fingerprint density at radius 1 is 1.03 bits per heavy atom. The lowest BCUT2D eigenvalue weighted by Gasteiger charge is -2.21. The second-order valence-corrected chi connectivity index (χ2v) is 9.52. The average Bonchev–Trinajstić information content (AvgIpc) is 2.64. The van der Waals surface area contributed by atoms with E-state index in [0.29, 0.717) is 11.3 Å². The third-order valence-electron chi connectivity index (χ3n) is 5.17. The van der Waals surface area contributed by atoms with Crippen molar-refractivity contribution in [1.82, 2.24) is 9.62 Å². The van der Waals surface area contributed by atoms with Gasteiger partial charge in [-0.2, -0.15) is 4.31 Å². The number of ether oxygens (including phenoxy) is 1. The van der Waals surface area contributed by atoms with Crippen LogP contribution in [0.25, 0.3) is 0 Å². The third-order valence-corrected chi connectivity index (χ3v) is 6.97. The van der Waals surface area contributed by atoms with Gasteiger partial charge in [-0.15, -0.1) is 0 Å². The number of amides is 1. The monoisotopic (exact) mass is 418 g/mol. The summed E-state index contributed by atoms with van der Waals surface area (Å²) >= 11 is 0. The Bertz CT molecular complexity index is 1020. The number of hydrogen-bond donors (Lipinski definition) is 1. The molecule has 0 heterocycles. The van der Waals surface area contributed by atoms with Crippen molar-refractivity contribution in [3.63, 3.8) is 0 Å². The largest absolute Gasteiger partial charge is 0.496 e. The van der Waals surface area contributed by atoms with Crippen molar-refractivity contribution in [2.24, 2.45) is 0 Å². The maximum atomic E-state index is 12.8. The summed E-state index contributed by atoms with van der Waals surface area (Å²) in [6.07, 6.45) is 0. The Morgan fingerprint density at radius 3 is 2.24 bits per heavy atom. The zero-order chi connectivity index (χ0) is 21.9. The van der Waals surface area contributed by atoms with Crippen LogP contribution in [-0.4, -0.2) is 39.3 Å². The second kappa shape index (κ2) is 8.97. The molecule has 0 aliphatic heterocycles. The lowest BCUT2D eigenvalue weighted by molar-refractivity contribution is -0.121. The molecule has 158 valence electrons. The molecule has 0 radical (unpaired) electrons. The highest BCUT2D eigenvalue weighted by atomic mass is 32.2. The van der Waals surface area contributed by atoms with E-state index in [1.807, 2.05) is 20.8 Å². The number of carbonyl (C=O) groups excluding carboxylic acids is 1. The van der Waals surface area contributed by atoms with Gasteiger partial charge in [0.2, 0.25) is 15.9 Å². The topological polar surface area (TPSA) is 75.7 Å². The van der Waals surface area contributed by atoms with E-state index in [0.717, 1.165) is 21.0 Å². The molecule has 1 atom stereocenters. The molecule has 0 saturated carbocycles.